The third-order valence-electron chi connectivity index (χ3n) is 3.27. The van der Waals surface area contributed by atoms with Gasteiger partial charge in [0.05, 0.1) is 18.7 Å². The second kappa shape index (κ2) is 5.71. The van der Waals surface area contributed by atoms with Crippen molar-refractivity contribution in [3.63, 3.8) is 0 Å². The van der Waals surface area contributed by atoms with Crippen molar-refractivity contribution in [2.24, 2.45) is 5.92 Å². The first-order chi connectivity index (χ1) is 9.45. The van der Waals surface area contributed by atoms with E-state index in [0.29, 0.717) is 16.5 Å². The number of ether oxygens (including phenoxy) is 1. The van der Waals surface area contributed by atoms with Crippen LogP contribution in [0, 0.1) is 5.92 Å². The standard InChI is InChI=1S/C14H17ClN2O3/c1-8(2)13-14(19)16-7-12(18)17(13)9-4-5-11(20-3)10(15)6-9/h4-6,8,13H,7H2,1-3H3,(H,16,19). The van der Waals surface area contributed by atoms with Crippen molar-refractivity contribution in [1.82, 2.24) is 5.32 Å². The number of carbonyl (C=O) groups is 2. The summed E-state index contributed by atoms with van der Waals surface area (Å²) in [7, 11) is 1.53. The first kappa shape index (κ1) is 14.7. The molecule has 1 aromatic rings. The van der Waals surface area contributed by atoms with Crippen LogP contribution in [-0.4, -0.2) is 31.5 Å². The molecule has 0 aromatic heterocycles. The Labute approximate surface area is 122 Å². The molecule has 0 saturated carbocycles. The fraction of sp³-hybridized carbons (Fsp3) is 0.429. The van der Waals surface area contributed by atoms with E-state index in [1.807, 2.05) is 13.8 Å². The SMILES string of the molecule is COc1ccc(N2C(=O)CNC(=O)C2C(C)C)cc1Cl. The van der Waals surface area contributed by atoms with Crippen molar-refractivity contribution >= 4 is 29.1 Å². The average Bonchev–Trinajstić information content (AvgIpc) is 2.40. The number of nitrogens with one attached hydrogen (secondary N) is 1. The summed E-state index contributed by atoms with van der Waals surface area (Å²) in [5.74, 6) is 0.238. The maximum Gasteiger partial charge on any atom is 0.247 e. The zero-order chi connectivity index (χ0) is 14.9. The smallest absolute Gasteiger partial charge is 0.247 e. The van der Waals surface area contributed by atoms with Crippen molar-refractivity contribution in [3.8, 4) is 5.75 Å². The number of carbonyl (C=O) groups excluding carboxylic acids is 2. The topological polar surface area (TPSA) is 58.6 Å². The van der Waals surface area contributed by atoms with Crippen molar-refractivity contribution in [3.05, 3.63) is 23.2 Å². The predicted molar refractivity (Wildman–Crippen MR) is 77.1 cm³/mol. The number of anilines is 1. The minimum atomic E-state index is -0.527. The third-order valence-corrected chi connectivity index (χ3v) is 3.57. The molecule has 1 aliphatic rings. The molecule has 1 atom stereocenters. The van der Waals surface area contributed by atoms with Gasteiger partial charge >= 0.3 is 0 Å². The number of benzene rings is 1. The minimum absolute atomic E-state index is 0.000118. The Morgan fingerprint density at radius 1 is 1.40 bits per heavy atom. The Bertz CT molecular complexity index is 545. The van der Waals surface area contributed by atoms with E-state index >= 15 is 0 Å². The van der Waals surface area contributed by atoms with Gasteiger partial charge in [-0.05, 0) is 24.1 Å². The van der Waals surface area contributed by atoms with Crippen LogP contribution in [0.1, 0.15) is 13.8 Å². The van der Waals surface area contributed by atoms with Gasteiger partial charge in [-0.15, -0.1) is 0 Å². The number of amides is 2. The number of hydrogen-bond donors (Lipinski definition) is 1. The Morgan fingerprint density at radius 3 is 2.65 bits per heavy atom. The van der Waals surface area contributed by atoms with Crippen molar-refractivity contribution in [2.75, 3.05) is 18.6 Å². The highest BCUT2D eigenvalue weighted by molar-refractivity contribution is 6.32. The lowest BCUT2D eigenvalue weighted by Crippen LogP contribution is -2.60. The van der Waals surface area contributed by atoms with E-state index in [-0.39, 0.29) is 24.3 Å². The summed E-state index contributed by atoms with van der Waals surface area (Å²) in [4.78, 5) is 25.7. The van der Waals surface area contributed by atoms with E-state index in [4.69, 9.17) is 16.3 Å². The third kappa shape index (κ3) is 2.58. The molecule has 2 amide bonds. The average molecular weight is 297 g/mol. The number of nitrogens with zero attached hydrogens (tertiary/aromatic N) is 1. The highest BCUT2D eigenvalue weighted by Crippen LogP contribution is 2.31. The molecule has 2 rings (SSSR count). The van der Waals surface area contributed by atoms with Gasteiger partial charge in [0.15, 0.2) is 0 Å². The summed E-state index contributed by atoms with van der Waals surface area (Å²) < 4.78 is 5.09. The van der Waals surface area contributed by atoms with Crippen LogP contribution in [0.5, 0.6) is 5.75 Å². The van der Waals surface area contributed by atoms with E-state index in [1.165, 1.54) is 12.0 Å². The van der Waals surface area contributed by atoms with Crippen LogP contribution >= 0.6 is 11.6 Å². The molecule has 1 saturated heterocycles. The van der Waals surface area contributed by atoms with Crippen LogP contribution in [0.2, 0.25) is 5.02 Å². The lowest BCUT2D eigenvalue weighted by atomic mass is 9.98. The summed E-state index contributed by atoms with van der Waals surface area (Å²) in [6.45, 7) is 3.81. The molecule has 1 aromatic carbocycles. The predicted octanol–water partition coefficient (Wildman–Crippen LogP) is 1.84. The van der Waals surface area contributed by atoms with Gasteiger partial charge in [0.2, 0.25) is 11.8 Å². The highest BCUT2D eigenvalue weighted by atomic mass is 35.5. The Kier molecular flexibility index (Phi) is 4.18. The van der Waals surface area contributed by atoms with Crippen molar-refractivity contribution in [2.45, 2.75) is 19.9 Å². The molecule has 1 fully saturated rings. The van der Waals surface area contributed by atoms with Crippen LogP contribution in [0.3, 0.4) is 0 Å². The van der Waals surface area contributed by atoms with E-state index in [1.54, 1.807) is 18.2 Å². The number of rotatable bonds is 3. The van der Waals surface area contributed by atoms with Gasteiger partial charge in [-0.1, -0.05) is 25.4 Å². The molecule has 0 aliphatic carbocycles. The number of halogens is 1. The van der Waals surface area contributed by atoms with Gasteiger partial charge in [0, 0.05) is 5.69 Å². The van der Waals surface area contributed by atoms with Gasteiger partial charge < -0.3 is 10.1 Å². The summed E-state index contributed by atoms with van der Waals surface area (Å²) >= 11 is 6.10. The minimum Gasteiger partial charge on any atom is -0.495 e. The van der Waals surface area contributed by atoms with E-state index < -0.39 is 6.04 Å². The fourth-order valence-electron chi connectivity index (χ4n) is 2.34. The molecule has 1 aliphatic heterocycles. The molecule has 0 bridgehead atoms. The first-order valence-corrected chi connectivity index (χ1v) is 6.76. The molecular weight excluding hydrogens is 280 g/mol. The Balaban J connectivity index is 2.43. The van der Waals surface area contributed by atoms with Gasteiger partial charge in [0.25, 0.3) is 0 Å². The largest absolute Gasteiger partial charge is 0.495 e. The molecule has 0 spiro atoms. The molecule has 1 N–H and O–H groups in total. The van der Waals surface area contributed by atoms with Crippen LogP contribution < -0.4 is 15.0 Å². The summed E-state index contributed by atoms with van der Waals surface area (Å²) in [5.41, 5.74) is 0.606. The van der Waals surface area contributed by atoms with E-state index in [2.05, 4.69) is 5.32 Å². The summed E-state index contributed by atoms with van der Waals surface area (Å²) in [6.07, 6.45) is 0. The molecule has 6 heteroatoms. The van der Waals surface area contributed by atoms with Crippen LogP contribution in [0.4, 0.5) is 5.69 Å². The second-order valence-corrected chi connectivity index (χ2v) is 5.40. The summed E-state index contributed by atoms with van der Waals surface area (Å²) in [5, 5.41) is 3.02. The maximum absolute atomic E-state index is 12.2. The zero-order valence-electron chi connectivity index (χ0n) is 11.6. The number of hydrogen-bond acceptors (Lipinski definition) is 3. The van der Waals surface area contributed by atoms with E-state index in [0.717, 1.165) is 0 Å². The van der Waals surface area contributed by atoms with Crippen LogP contribution in [0.25, 0.3) is 0 Å². The molecule has 5 nitrogen and oxygen atoms in total. The molecule has 1 heterocycles. The Morgan fingerprint density at radius 2 is 2.10 bits per heavy atom. The van der Waals surface area contributed by atoms with Gasteiger partial charge in [0.1, 0.15) is 11.8 Å². The molecule has 108 valence electrons. The van der Waals surface area contributed by atoms with Gasteiger partial charge in [-0.2, -0.15) is 0 Å². The maximum atomic E-state index is 12.2. The summed E-state index contributed by atoms with van der Waals surface area (Å²) in [6, 6.07) is 4.54. The molecule has 1 unspecified atom stereocenters. The lowest BCUT2D eigenvalue weighted by Gasteiger charge is -2.37. The molecule has 20 heavy (non-hydrogen) atoms. The van der Waals surface area contributed by atoms with Gasteiger partial charge in [-0.3, -0.25) is 14.5 Å². The van der Waals surface area contributed by atoms with Crippen molar-refractivity contribution < 1.29 is 14.3 Å². The van der Waals surface area contributed by atoms with Crippen molar-refractivity contribution in [1.29, 1.82) is 0 Å². The van der Waals surface area contributed by atoms with Gasteiger partial charge in [-0.25, -0.2) is 0 Å². The van der Waals surface area contributed by atoms with E-state index in [9.17, 15) is 9.59 Å². The van der Waals surface area contributed by atoms with Crippen LogP contribution in [-0.2, 0) is 9.59 Å². The number of piperazine rings is 1. The Hall–Kier alpha value is -1.75. The normalized spacial score (nSPS) is 19.2. The zero-order valence-corrected chi connectivity index (χ0v) is 12.4. The second-order valence-electron chi connectivity index (χ2n) is 4.99. The lowest BCUT2D eigenvalue weighted by molar-refractivity contribution is -0.131. The monoisotopic (exact) mass is 296 g/mol. The van der Waals surface area contributed by atoms with Crippen LogP contribution in [0.15, 0.2) is 18.2 Å². The number of methoxy groups -OCH3 is 1. The highest BCUT2D eigenvalue weighted by Gasteiger charge is 2.37. The molecular formula is C14H17ClN2O3. The first-order valence-electron chi connectivity index (χ1n) is 6.39. The molecule has 0 radical (unpaired) electrons. The fourth-order valence-corrected chi connectivity index (χ4v) is 2.59. The quantitative estimate of drug-likeness (QED) is 0.926.